The zero-order chi connectivity index (χ0) is 14.4. The molecule has 112 valence electrons. The quantitative estimate of drug-likeness (QED) is 0.702. The normalized spacial score (nSPS) is 11.2. The lowest BCUT2D eigenvalue weighted by atomic mass is 10.1. The highest BCUT2D eigenvalue weighted by molar-refractivity contribution is 5.94. The molecule has 0 heterocycles. The molecule has 1 atom stereocenters. The molecule has 0 bridgehead atoms. The van der Waals surface area contributed by atoms with Crippen LogP contribution in [0.5, 0.6) is 0 Å². The summed E-state index contributed by atoms with van der Waals surface area (Å²) in [5.41, 5.74) is 6.10. The first-order valence-corrected chi connectivity index (χ1v) is 5.99. The van der Waals surface area contributed by atoms with E-state index in [1.807, 2.05) is 0 Å². The zero-order valence-corrected chi connectivity index (χ0v) is 12.2. The van der Waals surface area contributed by atoms with Gasteiger partial charge in [-0.2, -0.15) is 0 Å². The minimum Gasteiger partial charge on any atom is -0.353 e. The second-order valence-corrected chi connectivity index (χ2v) is 4.30. The summed E-state index contributed by atoms with van der Waals surface area (Å²) in [6, 6.07) is 3.70. The molecule has 0 unspecified atom stereocenters. The Hall–Kier alpha value is -1.66. The Morgan fingerprint density at radius 1 is 1.30 bits per heavy atom. The van der Waals surface area contributed by atoms with Gasteiger partial charge in [0.15, 0.2) is 0 Å². The lowest BCUT2D eigenvalue weighted by Gasteiger charge is -2.09. The monoisotopic (exact) mass is 303 g/mol. The van der Waals surface area contributed by atoms with Crippen LogP contribution in [0.15, 0.2) is 18.2 Å². The Morgan fingerprint density at radius 3 is 2.45 bits per heavy atom. The molecular weight excluding hydrogens is 285 g/mol. The molecule has 0 aliphatic rings. The molecule has 0 aliphatic carbocycles. The molecule has 0 saturated heterocycles. The summed E-state index contributed by atoms with van der Waals surface area (Å²) >= 11 is 0. The van der Waals surface area contributed by atoms with Gasteiger partial charge in [0.05, 0.1) is 6.04 Å². The van der Waals surface area contributed by atoms with Crippen molar-refractivity contribution in [3.63, 3.8) is 0 Å². The van der Waals surface area contributed by atoms with Crippen LogP contribution in [0.4, 0.5) is 4.39 Å². The predicted octanol–water partition coefficient (Wildman–Crippen LogP) is 0.749. The van der Waals surface area contributed by atoms with Crippen LogP contribution in [-0.4, -0.2) is 30.9 Å². The van der Waals surface area contributed by atoms with E-state index in [-0.39, 0.29) is 42.9 Å². The van der Waals surface area contributed by atoms with E-state index in [1.165, 1.54) is 6.07 Å². The van der Waals surface area contributed by atoms with Gasteiger partial charge in [0, 0.05) is 18.7 Å². The van der Waals surface area contributed by atoms with Gasteiger partial charge in [0.25, 0.3) is 5.91 Å². The number of carbonyl (C=O) groups is 2. The van der Waals surface area contributed by atoms with Gasteiger partial charge in [-0.05, 0) is 31.5 Å². The molecule has 1 aromatic carbocycles. The summed E-state index contributed by atoms with van der Waals surface area (Å²) in [6.07, 6.45) is 0. The first kappa shape index (κ1) is 18.3. The van der Waals surface area contributed by atoms with Crippen LogP contribution in [0.25, 0.3) is 0 Å². The number of amides is 2. The molecule has 1 rings (SSSR count). The largest absolute Gasteiger partial charge is 0.353 e. The molecular formula is C13H19ClFN3O2. The van der Waals surface area contributed by atoms with E-state index in [1.54, 1.807) is 26.0 Å². The molecule has 20 heavy (non-hydrogen) atoms. The number of aryl methyl sites for hydroxylation is 1. The van der Waals surface area contributed by atoms with Crippen molar-refractivity contribution in [2.45, 2.75) is 19.9 Å². The summed E-state index contributed by atoms with van der Waals surface area (Å²) in [6.45, 7) is 3.73. The van der Waals surface area contributed by atoms with Crippen LogP contribution < -0.4 is 16.4 Å². The highest BCUT2D eigenvalue weighted by Gasteiger charge is 2.08. The second-order valence-electron chi connectivity index (χ2n) is 4.30. The van der Waals surface area contributed by atoms with E-state index in [2.05, 4.69) is 10.6 Å². The van der Waals surface area contributed by atoms with Crippen LogP contribution in [-0.2, 0) is 4.79 Å². The summed E-state index contributed by atoms with van der Waals surface area (Å²) in [5.74, 6) is -1.08. The maximum absolute atomic E-state index is 13.3. The van der Waals surface area contributed by atoms with Gasteiger partial charge in [0.2, 0.25) is 5.91 Å². The lowest BCUT2D eigenvalue weighted by molar-refractivity contribution is -0.121. The Balaban J connectivity index is 0.00000361. The van der Waals surface area contributed by atoms with Gasteiger partial charge >= 0.3 is 0 Å². The Morgan fingerprint density at radius 2 is 1.90 bits per heavy atom. The summed E-state index contributed by atoms with van der Waals surface area (Å²) in [7, 11) is 0. The number of benzene rings is 1. The van der Waals surface area contributed by atoms with E-state index in [0.29, 0.717) is 5.56 Å². The van der Waals surface area contributed by atoms with Crippen molar-refractivity contribution in [3.8, 4) is 0 Å². The van der Waals surface area contributed by atoms with Gasteiger partial charge < -0.3 is 16.4 Å². The highest BCUT2D eigenvalue weighted by atomic mass is 35.5. The third kappa shape index (κ3) is 5.54. The van der Waals surface area contributed by atoms with Crippen LogP contribution in [0.1, 0.15) is 22.8 Å². The van der Waals surface area contributed by atoms with E-state index < -0.39 is 11.9 Å². The molecule has 0 fully saturated rings. The maximum Gasteiger partial charge on any atom is 0.251 e. The summed E-state index contributed by atoms with van der Waals surface area (Å²) in [4.78, 5) is 22.8. The van der Waals surface area contributed by atoms with Gasteiger partial charge in [-0.25, -0.2) is 4.39 Å². The minimum absolute atomic E-state index is 0. The molecule has 0 saturated carbocycles. The fourth-order valence-electron chi connectivity index (χ4n) is 1.36. The maximum atomic E-state index is 13.3. The van der Waals surface area contributed by atoms with Crippen molar-refractivity contribution < 1.29 is 14.0 Å². The molecule has 0 aromatic heterocycles. The zero-order valence-electron chi connectivity index (χ0n) is 11.4. The van der Waals surface area contributed by atoms with Crippen molar-refractivity contribution >= 4 is 24.2 Å². The van der Waals surface area contributed by atoms with Gasteiger partial charge in [0.1, 0.15) is 5.82 Å². The fourth-order valence-corrected chi connectivity index (χ4v) is 1.36. The average molecular weight is 304 g/mol. The molecule has 0 aliphatic heterocycles. The van der Waals surface area contributed by atoms with Crippen LogP contribution in [0.2, 0.25) is 0 Å². The molecule has 5 nitrogen and oxygen atoms in total. The molecule has 7 heteroatoms. The first-order chi connectivity index (χ1) is 8.91. The Bertz CT molecular complexity index is 481. The number of carbonyl (C=O) groups excluding carboxylic acids is 2. The Kier molecular flexibility index (Phi) is 7.79. The smallest absolute Gasteiger partial charge is 0.251 e. The van der Waals surface area contributed by atoms with E-state index >= 15 is 0 Å². The summed E-state index contributed by atoms with van der Waals surface area (Å²) < 4.78 is 13.3. The molecule has 4 N–H and O–H groups in total. The van der Waals surface area contributed by atoms with Crippen molar-refractivity contribution in [3.05, 3.63) is 35.1 Å². The number of rotatable bonds is 5. The molecule has 2 amide bonds. The van der Waals surface area contributed by atoms with E-state index in [9.17, 15) is 14.0 Å². The number of halogens is 2. The van der Waals surface area contributed by atoms with Gasteiger partial charge in [-0.3, -0.25) is 9.59 Å². The molecule has 0 radical (unpaired) electrons. The third-order valence-electron chi connectivity index (χ3n) is 2.56. The van der Waals surface area contributed by atoms with Gasteiger partial charge in [-0.15, -0.1) is 12.4 Å². The number of hydrogen-bond acceptors (Lipinski definition) is 3. The lowest BCUT2D eigenvalue weighted by Crippen LogP contribution is -2.42. The SMILES string of the molecule is Cc1ccc(C(=O)NCCNC(=O)[C@@H](C)N)cc1F.Cl. The predicted molar refractivity (Wildman–Crippen MR) is 77.4 cm³/mol. The number of hydrogen-bond donors (Lipinski definition) is 3. The number of nitrogens with two attached hydrogens (primary N) is 1. The standard InChI is InChI=1S/C13H18FN3O2.ClH/c1-8-3-4-10(7-11(8)14)13(19)17-6-5-16-12(18)9(2)15;/h3-4,7,9H,5-6,15H2,1-2H3,(H,16,18)(H,17,19);1H/t9-;/m1./s1. The summed E-state index contributed by atoms with van der Waals surface area (Å²) in [5, 5.41) is 5.14. The van der Waals surface area contributed by atoms with Crippen molar-refractivity contribution in [1.82, 2.24) is 10.6 Å². The van der Waals surface area contributed by atoms with Gasteiger partial charge in [-0.1, -0.05) is 6.07 Å². The third-order valence-corrected chi connectivity index (χ3v) is 2.56. The van der Waals surface area contributed by atoms with Crippen LogP contribution >= 0.6 is 12.4 Å². The second kappa shape index (κ2) is 8.50. The molecule has 0 spiro atoms. The number of nitrogens with one attached hydrogen (secondary N) is 2. The van der Waals surface area contributed by atoms with Crippen LogP contribution in [0, 0.1) is 12.7 Å². The first-order valence-electron chi connectivity index (χ1n) is 5.99. The van der Waals surface area contributed by atoms with Crippen molar-refractivity contribution in [2.75, 3.05) is 13.1 Å². The fraction of sp³-hybridized carbons (Fsp3) is 0.385. The topological polar surface area (TPSA) is 84.2 Å². The highest BCUT2D eigenvalue weighted by Crippen LogP contribution is 2.08. The van der Waals surface area contributed by atoms with Crippen LogP contribution in [0.3, 0.4) is 0 Å². The Labute approximate surface area is 123 Å². The van der Waals surface area contributed by atoms with Crippen molar-refractivity contribution in [1.29, 1.82) is 0 Å². The van der Waals surface area contributed by atoms with E-state index in [4.69, 9.17) is 5.73 Å². The van der Waals surface area contributed by atoms with Crippen molar-refractivity contribution in [2.24, 2.45) is 5.73 Å². The minimum atomic E-state index is -0.582. The van der Waals surface area contributed by atoms with E-state index in [0.717, 1.165) is 0 Å². The average Bonchev–Trinajstić information content (AvgIpc) is 2.37. The molecule has 1 aromatic rings.